The van der Waals surface area contributed by atoms with Gasteiger partial charge in [-0.25, -0.2) is 13.1 Å². The number of aryl methyl sites for hydroxylation is 1. The van der Waals surface area contributed by atoms with Crippen LogP contribution in [-0.4, -0.2) is 15.0 Å². The van der Waals surface area contributed by atoms with Gasteiger partial charge in [0.25, 0.3) is 0 Å². The summed E-state index contributed by atoms with van der Waals surface area (Å²) in [6.45, 7) is 6.81. The third-order valence-corrected chi connectivity index (χ3v) is 4.77. The number of nitrogens with two attached hydrogens (primary N) is 1. The molecule has 5 heteroatoms. The van der Waals surface area contributed by atoms with E-state index in [9.17, 15) is 8.42 Å². The molecule has 0 fully saturated rings. The minimum absolute atomic E-state index is 0.246. The smallest absolute Gasteiger partial charge is 0.240 e. The zero-order valence-electron chi connectivity index (χ0n) is 12.6. The van der Waals surface area contributed by atoms with E-state index in [-0.39, 0.29) is 4.90 Å². The highest BCUT2D eigenvalue weighted by Gasteiger charge is 2.14. The van der Waals surface area contributed by atoms with Crippen LogP contribution in [0.1, 0.15) is 45.6 Å². The van der Waals surface area contributed by atoms with Gasteiger partial charge in [-0.05, 0) is 36.5 Å². The lowest BCUT2D eigenvalue weighted by atomic mass is 10.1. The Labute approximate surface area is 122 Å². The Morgan fingerprint density at radius 3 is 2.50 bits per heavy atom. The minimum Gasteiger partial charge on any atom is -0.398 e. The van der Waals surface area contributed by atoms with Crippen molar-refractivity contribution in [1.82, 2.24) is 4.72 Å². The van der Waals surface area contributed by atoms with Crippen molar-refractivity contribution in [2.24, 2.45) is 5.92 Å². The van der Waals surface area contributed by atoms with Gasteiger partial charge in [-0.3, -0.25) is 0 Å². The van der Waals surface area contributed by atoms with Crippen LogP contribution >= 0.6 is 0 Å². The van der Waals surface area contributed by atoms with E-state index in [0.717, 1.165) is 31.2 Å². The molecule has 0 bridgehead atoms. The van der Waals surface area contributed by atoms with E-state index in [1.807, 2.05) is 6.92 Å². The highest BCUT2D eigenvalue weighted by atomic mass is 32.2. The average molecular weight is 298 g/mol. The standard InChI is InChI=1S/C15H26N2O2S/c1-4-13-8-9-14(11-15(13)16)20(18,19)17-10-6-5-7-12(2)3/h8-9,11-12,17H,4-7,10,16H2,1-3H3. The Kier molecular flexibility index (Phi) is 6.49. The summed E-state index contributed by atoms with van der Waals surface area (Å²) in [5.41, 5.74) is 7.36. The van der Waals surface area contributed by atoms with Crippen molar-refractivity contribution in [3.63, 3.8) is 0 Å². The molecule has 0 aromatic heterocycles. The van der Waals surface area contributed by atoms with Gasteiger partial charge in [0.2, 0.25) is 10.0 Å². The molecule has 0 amide bonds. The number of hydrogen-bond acceptors (Lipinski definition) is 3. The Morgan fingerprint density at radius 1 is 1.25 bits per heavy atom. The van der Waals surface area contributed by atoms with Gasteiger partial charge in [0.05, 0.1) is 4.90 Å². The Morgan fingerprint density at radius 2 is 1.95 bits per heavy atom. The lowest BCUT2D eigenvalue weighted by Crippen LogP contribution is -2.25. The predicted octanol–water partition coefficient (Wildman–Crippen LogP) is 2.94. The van der Waals surface area contributed by atoms with E-state index in [0.29, 0.717) is 18.2 Å². The van der Waals surface area contributed by atoms with Crippen LogP contribution in [0.2, 0.25) is 0 Å². The summed E-state index contributed by atoms with van der Waals surface area (Å²) in [6, 6.07) is 4.93. The molecule has 1 aromatic rings. The van der Waals surface area contributed by atoms with Gasteiger partial charge in [0, 0.05) is 12.2 Å². The fourth-order valence-electron chi connectivity index (χ4n) is 2.03. The first-order valence-corrected chi connectivity index (χ1v) is 8.73. The molecule has 1 aromatic carbocycles. The van der Waals surface area contributed by atoms with Gasteiger partial charge in [-0.1, -0.05) is 39.7 Å². The highest BCUT2D eigenvalue weighted by molar-refractivity contribution is 7.89. The van der Waals surface area contributed by atoms with Gasteiger partial charge in [-0.2, -0.15) is 0 Å². The number of benzene rings is 1. The van der Waals surface area contributed by atoms with Crippen molar-refractivity contribution in [2.45, 2.75) is 51.3 Å². The summed E-state index contributed by atoms with van der Waals surface area (Å²) < 4.78 is 26.9. The van der Waals surface area contributed by atoms with Gasteiger partial charge in [0.1, 0.15) is 0 Å². The Hall–Kier alpha value is -1.07. The summed E-state index contributed by atoms with van der Waals surface area (Å²) in [5.74, 6) is 0.660. The fourth-order valence-corrected chi connectivity index (χ4v) is 3.14. The van der Waals surface area contributed by atoms with Crippen LogP contribution in [0, 0.1) is 5.92 Å². The van der Waals surface area contributed by atoms with Crippen LogP contribution in [0.5, 0.6) is 0 Å². The molecule has 0 unspecified atom stereocenters. The molecular formula is C15H26N2O2S. The van der Waals surface area contributed by atoms with Crippen molar-refractivity contribution in [1.29, 1.82) is 0 Å². The summed E-state index contributed by atoms with van der Waals surface area (Å²) in [6.07, 6.45) is 3.83. The van der Waals surface area contributed by atoms with E-state index in [1.165, 1.54) is 6.07 Å². The highest BCUT2D eigenvalue weighted by Crippen LogP contribution is 2.18. The third-order valence-electron chi connectivity index (χ3n) is 3.31. The van der Waals surface area contributed by atoms with Crippen molar-refractivity contribution < 1.29 is 8.42 Å². The molecule has 3 N–H and O–H groups in total. The minimum atomic E-state index is -3.44. The molecule has 4 nitrogen and oxygen atoms in total. The second-order valence-corrected chi connectivity index (χ2v) is 7.27. The van der Waals surface area contributed by atoms with Crippen molar-refractivity contribution in [2.75, 3.05) is 12.3 Å². The van der Waals surface area contributed by atoms with E-state index < -0.39 is 10.0 Å². The second kappa shape index (κ2) is 7.64. The molecule has 114 valence electrons. The molecule has 0 aliphatic rings. The van der Waals surface area contributed by atoms with E-state index in [2.05, 4.69) is 18.6 Å². The lowest BCUT2D eigenvalue weighted by molar-refractivity contribution is 0.530. The summed E-state index contributed by atoms with van der Waals surface area (Å²) in [4.78, 5) is 0.246. The van der Waals surface area contributed by atoms with Crippen LogP contribution in [0.3, 0.4) is 0 Å². The summed E-state index contributed by atoms with van der Waals surface area (Å²) in [5, 5.41) is 0. The maximum absolute atomic E-state index is 12.1. The molecular weight excluding hydrogens is 272 g/mol. The number of hydrogen-bond donors (Lipinski definition) is 2. The number of rotatable bonds is 8. The maximum atomic E-state index is 12.1. The topological polar surface area (TPSA) is 72.2 Å². The molecule has 0 heterocycles. The van der Waals surface area contributed by atoms with Gasteiger partial charge < -0.3 is 5.73 Å². The van der Waals surface area contributed by atoms with Gasteiger partial charge in [-0.15, -0.1) is 0 Å². The first-order chi connectivity index (χ1) is 9.36. The number of nitrogen functional groups attached to an aromatic ring is 1. The molecule has 0 atom stereocenters. The van der Waals surface area contributed by atoms with Gasteiger partial charge >= 0.3 is 0 Å². The predicted molar refractivity (Wildman–Crippen MR) is 84.1 cm³/mol. The second-order valence-electron chi connectivity index (χ2n) is 5.50. The van der Waals surface area contributed by atoms with Crippen molar-refractivity contribution in [3.8, 4) is 0 Å². The number of unbranched alkanes of at least 4 members (excludes halogenated alkanes) is 1. The van der Waals surface area contributed by atoms with Gasteiger partial charge in [0.15, 0.2) is 0 Å². The summed E-state index contributed by atoms with van der Waals surface area (Å²) >= 11 is 0. The van der Waals surface area contributed by atoms with Crippen LogP contribution in [0.4, 0.5) is 5.69 Å². The first-order valence-electron chi connectivity index (χ1n) is 7.25. The monoisotopic (exact) mass is 298 g/mol. The molecule has 0 saturated carbocycles. The third kappa shape index (κ3) is 5.13. The molecule has 0 saturated heterocycles. The zero-order valence-corrected chi connectivity index (χ0v) is 13.5. The van der Waals surface area contributed by atoms with E-state index in [1.54, 1.807) is 12.1 Å². The Balaban J connectivity index is 2.58. The van der Waals surface area contributed by atoms with E-state index in [4.69, 9.17) is 5.73 Å². The number of sulfonamides is 1. The maximum Gasteiger partial charge on any atom is 0.240 e. The van der Waals surface area contributed by atoms with Crippen molar-refractivity contribution >= 4 is 15.7 Å². The van der Waals surface area contributed by atoms with Crippen LogP contribution in [0.25, 0.3) is 0 Å². The van der Waals surface area contributed by atoms with Crippen molar-refractivity contribution in [3.05, 3.63) is 23.8 Å². The zero-order chi connectivity index (χ0) is 15.2. The quantitative estimate of drug-likeness (QED) is 0.572. The largest absolute Gasteiger partial charge is 0.398 e. The lowest BCUT2D eigenvalue weighted by Gasteiger charge is -2.10. The molecule has 0 spiro atoms. The number of anilines is 1. The van der Waals surface area contributed by atoms with E-state index >= 15 is 0 Å². The molecule has 0 radical (unpaired) electrons. The normalized spacial score (nSPS) is 12.0. The average Bonchev–Trinajstić information content (AvgIpc) is 2.37. The molecule has 0 aliphatic heterocycles. The first kappa shape index (κ1) is 17.0. The molecule has 0 aliphatic carbocycles. The van der Waals surface area contributed by atoms with Crippen LogP contribution < -0.4 is 10.5 Å². The molecule has 20 heavy (non-hydrogen) atoms. The number of nitrogens with one attached hydrogen (secondary N) is 1. The SMILES string of the molecule is CCc1ccc(S(=O)(=O)NCCCCC(C)C)cc1N. The fraction of sp³-hybridized carbons (Fsp3) is 0.600. The summed E-state index contributed by atoms with van der Waals surface area (Å²) in [7, 11) is -3.44. The molecule has 1 rings (SSSR count). The Bertz CT molecular complexity index is 525. The van der Waals surface area contributed by atoms with Crippen LogP contribution in [0.15, 0.2) is 23.1 Å². The van der Waals surface area contributed by atoms with Crippen LogP contribution in [-0.2, 0) is 16.4 Å².